The van der Waals surface area contributed by atoms with E-state index in [1.807, 2.05) is 6.07 Å². The molecule has 0 spiro atoms. The molecule has 1 atom stereocenters. The average Bonchev–Trinajstić information content (AvgIpc) is 2.27. The maximum atomic E-state index is 9.05. The van der Waals surface area contributed by atoms with Crippen molar-refractivity contribution in [3.05, 3.63) is 29.3 Å². The second-order valence-electron chi connectivity index (χ2n) is 3.60. The molecular weight excluding hydrogens is 178 g/mol. The van der Waals surface area contributed by atoms with Crippen LogP contribution < -0.4 is 10.1 Å². The fourth-order valence-electron chi connectivity index (χ4n) is 1.81. The van der Waals surface area contributed by atoms with Crippen molar-refractivity contribution in [1.82, 2.24) is 5.32 Å². The standard InChI is InChI=1S/C11H15NO2/c1-14-11-3-2-8-6-12-10(7-13)4-9(8)5-11/h2-3,5,10,12-13H,4,6-7H2,1H3. The molecule has 3 heteroatoms. The van der Waals surface area contributed by atoms with Gasteiger partial charge in [0.05, 0.1) is 13.7 Å². The molecule has 1 aliphatic rings. The van der Waals surface area contributed by atoms with Gasteiger partial charge < -0.3 is 15.2 Å². The molecule has 0 bridgehead atoms. The van der Waals surface area contributed by atoms with Crippen LogP contribution in [0.3, 0.4) is 0 Å². The number of ether oxygens (including phenoxy) is 1. The van der Waals surface area contributed by atoms with Crippen molar-refractivity contribution in [2.75, 3.05) is 13.7 Å². The van der Waals surface area contributed by atoms with Gasteiger partial charge in [0.2, 0.25) is 0 Å². The Morgan fingerprint density at radius 2 is 2.36 bits per heavy atom. The molecule has 0 amide bonds. The van der Waals surface area contributed by atoms with E-state index in [9.17, 15) is 0 Å². The minimum absolute atomic E-state index is 0.189. The molecule has 0 aromatic heterocycles. The Hall–Kier alpha value is -1.06. The van der Waals surface area contributed by atoms with Gasteiger partial charge in [0.25, 0.3) is 0 Å². The quantitative estimate of drug-likeness (QED) is 0.726. The second-order valence-corrected chi connectivity index (χ2v) is 3.60. The van der Waals surface area contributed by atoms with Crippen LogP contribution in [0.4, 0.5) is 0 Å². The molecule has 1 unspecified atom stereocenters. The highest BCUT2D eigenvalue weighted by molar-refractivity contribution is 5.37. The lowest BCUT2D eigenvalue weighted by Gasteiger charge is -2.24. The fourth-order valence-corrected chi connectivity index (χ4v) is 1.81. The number of aliphatic hydroxyl groups excluding tert-OH is 1. The molecule has 1 aliphatic heterocycles. The van der Waals surface area contributed by atoms with Crippen molar-refractivity contribution in [2.24, 2.45) is 0 Å². The molecule has 1 aromatic carbocycles. The Balaban J connectivity index is 2.25. The highest BCUT2D eigenvalue weighted by Gasteiger charge is 2.17. The molecule has 3 nitrogen and oxygen atoms in total. The van der Waals surface area contributed by atoms with E-state index >= 15 is 0 Å². The summed E-state index contributed by atoms with van der Waals surface area (Å²) in [6.45, 7) is 1.03. The first kappa shape index (κ1) is 9.49. The first-order valence-corrected chi connectivity index (χ1v) is 4.83. The zero-order valence-electron chi connectivity index (χ0n) is 8.29. The number of hydrogen-bond acceptors (Lipinski definition) is 3. The first-order valence-electron chi connectivity index (χ1n) is 4.83. The Morgan fingerprint density at radius 3 is 3.07 bits per heavy atom. The maximum absolute atomic E-state index is 9.05. The normalized spacial score (nSPS) is 20.3. The third kappa shape index (κ3) is 1.74. The SMILES string of the molecule is COc1ccc2c(c1)CC(CO)NC2. The molecule has 0 aliphatic carbocycles. The molecule has 0 saturated heterocycles. The predicted molar refractivity (Wildman–Crippen MR) is 54.4 cm³/mol. The fraction of sp³-hybridized carbons (Fsp3) is 0.455. The van der Waals surface area contributed by atoms with Crippen LogP contribution in [-0.2, 0) is 13.0 Å². The van der Waals surface area contributed by atoms with Gasteiger partial charge in [0.1, 0.15) is 5.75 Å². The minimum atomic E-state index is 0.189. The monoisotopic (exact) mass is 193 g/mol. The van der Waals surface area contributed by atoms with E-state index in [2.05, 4.69) is 17.4 Å². The number of rotatable bonds is 2. The number of nitrogens with one attached hydrogen (secondary N) is 1. The van der Waals surface area contributed by atoms with Crippen molar-refractivity contribution in [2.45, 2.75) is 19.0 Å². The van der Waals surface area contributed by atoms with E-state index in [4.69, 9.17) is 9.84 Å². The topological polar surface area (TPSA) is 41.5 Å². The number of aliphatic hydroxyl groups is 1. The summed E-state index contributed by atoms with van der Waals surface area (Å²) >= 11 is 0. The zero-order valence-corrected chi connectivity index (χ0v) is 8.29. The molecule has 0 saturated carbocycles. The summed E-state index contributed by atoms with van der Waals surface area (Å²) < 4.78 is 5.17. The number of hydrogen-bond donors (Lipinski definition) is 2. The van der Waals surface area contributed by atoms with E-state index in [0.29, 0.717) is 0 Å². The minimum Gasteiger partial charge on any atom is -0.497 e. The van der Waals surface area contributed by atoms with Crippen molar-refractivity contribution < 1.29 is 9.84 Å². The van der Waals surface area contributed by atoms with Gasteiger partial charge in [-0.2, -0.15) is 0 Å². The van der Waals surface area contributed by atoms with Crippen molar-refractivity contribution in [1.29, 1.82) is 0 Å². The first-order chi connectivity index (χ1) is 6.83. The Kier molecular flexibility index (Phi) is 2.70. The lowest BCUT2D eigenvalue weighted by Crippen LogP contribution is -2.38. The summed E-state index contributed by atoms with van der Waals surface area (Å²) in [5.74, 6) is 0.891. The van der Waals surface area contributed by atoms with Crippen LogP contribution in [0.2, 0.25) is 0 Å². The van der Waals surface area contributed by atoms with Crippen LogP contribution >= 0.6 is 0 Å². The highest BCUT2D eigenvalue weighted by atomic mass is 16.5. The molecule has 14 heavy (non-hydrogen) atoms. The van der Waals surface area contributed by atoms with Crippen LogP contribution in [-0.4, -0.2) is 24.9 Å². The largest absolute Gasteiger partial charge is 0.497 e. The van der Waals surface area contributed by atoms with Gasteiger partial charge in [0.15, 0.2) is 0 Å². The molecule has 1 heterocycles. The average molecular weight is 193 g/mol. The van der Waals surface area contributed by atoms with Crippen LogP contribution in [0, 0.1) is 0 Å². The van der Waals surface area contributed by atoms with E-state index in [-0.39, 0.29) is 12.6 Å². The third-order valence-corrected chi connectivity index (χ3v) is 2.68. The van der Waals surface area contributed by atoms with Crippen LogP contribution in [0.15, 0.2) is 18.2 Å². The van der Waals surface area contributed by atoms with Gasteiger partial charge in [-0.25, -0.2) is 0 Å². The van der Waals surface area contributed by atoms with Crippen LogP contribution in [0.25, 0.3) is 0 Å². The van der Waals surface area contributed by atoms with Crippen molar-refractivity contribution in [3.8, 4) is 5.75 Å². The molecule has 2 N–H and O–H groups in total. The van der Waals surface area contributed by atoms with Gasteiger partial charge >= 0.3 is 0 Å². The van der Waals surface area contributed by atoms with Crippen LogP contribution in [0.1, 0.15) is 11.1 Å². The van der Waals surface area contributed by atoms with E-state index in [1.54, 1.807) is 7.11 Å². The molecule has 0 fully saturated rings. The predicted octanol–water partition coefficient (Wildman–Crippen LogP) is 0.702. The van der Waals surface area contributed by atoms with Gasteiger partial charge in [-0.3, -0.25) is 0 Å². The molecular formula is C11H15NO2. The second kappa shape index (κ2) is 3.98. The van der Waals surface area contributed by atoms with Crippen LogP contribution in [0.5, 0.6) is 5.75 Å². The van der Waals surface area contributed by atoms with Gasteiger partial charge in [-0.05, 0) is 29.7 Å². The maximum Gasteiger partial charge on any atom is 0.119 e. The summed E-state index contributed by atoms with van der Waals surface area (Å²) in [7, 11) is 1.67. The molecule has 2 rings (SSSR count). The number of fused-ring (bicyclic) bond motifs is 1. The summed E-state index contributed by atoms with van der Waals surface area (Å²) in [5.41, 5.74) is 2.58. The summed E-state index contributed by atoms with van der Waals surface area (Å²) in [5, 5.41) is 12.3. The van der Waals surface area contributed by atoms with Gasteiger partial charge in [-0.1, -0.05) is 6.07 Å². The number of benzene rings is 1. The van der Waals surface area contributed by atoms with E-state index in [0.717, 1.165) is 18.7 Å². The Morgan fingerprint density at radius 1 is 1.50 bits per heavy atom. The summed E-state index contributed by atoms with van der Waals surface area (Å²) in [6.07, 6.45) is 0.878. The zero-order chi connectivity index (χ0) is 9.97. The van der Waals surface area contributed by atoms with Gasteiger partial charge in [0, 0.05) is 12.6 Å². The highest BCUT2D eigenvalue weighted by Crippen LogP contribution is 2.22. The van der Waals surface area contributed by atoms with E-state index in [1.165, 1.54) is 11.1 Å². The van der Waals surface area contributed by atoms with Crippen molar-refractivity contribution in [3.63, 3.8) is 0 Å². The summed E-state index contributed by atoms with van der Waals surface area (Å²) in [6, 6.07) is 6.29. The Bertz CT molecular complexity index is 325. The van der Waals surface area contributed by atoms with Crippen molar-refractivity contribution >= 4 is 0 Å². The third-order valence-electron chi connectivity index (χ3n) is 2.68. The number of methoxy groups -OCH3 is 1. The molecule has 0 radical (unpaired) electrons. The molecule has 76 valence electrons. The smallest absolute Gasteiger partial charge is 0.119 e. The van der Waals surface area contributed by atoms with Gasteiger partial charge in [-0.15, -0.1) is 0 Å². The molecule has 1 aromatic rings. The Labute approximate surface area is 83.7 Å². The lowest BCUT2D eigenvalue weighted by atomic mass is 9.96. The lowest BCUT2D eigenvalue weighted by molar-refractivity contribution is 0.235. The van der Waals surface area contributed by atoms with E-state index < -0.39 is 0 Å². The summed E-state index contributed by atoms with van der Waals surface area (Å²) in [4.78, 5) is 0.